The highest BCUT2D eigenvalue weighted by Gasteiger charge is 2.16. The van der Waals surface area contributed by atoms with Crippen molar-refractivity contribution < 1.29 is 12.9 Å². The molecule has 0 saturated heterocycles. The minimum atomic E-state index is -3.68. The number of hydrogen-bond acceptors (Lipinski definition) is 6. The van der Waals surface area contributed by atoms with Crippen molar-refractivity contribution in [1.29, 1.82) is 5.26 Å². The molecule has 0 aliphatic carbocycles. The molecule has 9 heteroatoms. The van der Waals surface area contributed by atoms with Gasteiger partial charge in [0, 0.05) is 18.9 Å². The number of benzene rings is 1. The van der Waals surface area contributed by atoms with Crippen LogP contribution < -0.4 is 4.72 Å². The minimum absolute atomic E-state index is 0.0198. The zero-order chi connectivity index (χ0) is 17.7. The highest BCUT2D eigenvalue weighted by atomic mass is 35.5. The first kappa shape index (κ1) is 18.4. The smallest absolute Gasteiger partial charge is 0.240 e. The highest BCUT2D eigenvalue weighted by molar-refractivity contribution is 7.89. The third-order valence-corrected chi connectivity index (χ3v) is 5.00. The Kier molecular flexibility index (Phi) is 5.94. The molecule has 128 valence electrons. The minimum Gasteiger partial charge on any atom is -0.339 e. The van der Waals surface area contributed by atoms with Crippen LogP contribution in [-0.2, 0) is 16.4 Å². The van der Waals surface area contributed by atoms with E-state index < -0.39 is 10.0 Å². The lowest BCUT2D eigenvalue weighted by atomic mass is 10.2. The molecule has 7 nitrogen and oxygen atoms in total. The summed E-state index contributed by atoms with van der Waals surface area (Å²) in [5.41, 5.74) is 0.230. The quantitative estimate of drug-likeness (QED) is 0.752. The second-order valence-electron chi connectivity index (χ2n) is 5.46. The van der Waals surface area contributed by atoms with Crippen molar-refractivity contribution >= 4 is 21.6 Å². The zero-order valence-corrected chi connectivity index (χ0v) is 14.9. The number of nitriles is 1. The Bertz CT molecular complexity index is 856. The number of nitrogens with zero attached hydrogens (tertiary/aromatic N) is 3. The molecule has 1 aromatic carbocycles. The van der Waals surface area contributed by atoms with E-state index in [-0.39, 0.29) is 27.9 Å². The molecule has 0 radical (unpaired) electrons. The maximum Gasteiger partial charge on any atom is 0.240 e. The van der Waals surface area contributed by atoms with Gasteiger partial charge in [0.1, 0.15) is 6.07 Å². The third-order valence-electron chi connectivity index (χ3n) is 3.23. The predicted octanol–water partition coefficient (Wildman–Crippen LogP) is 2.63. The van der Waals surface area contributed by atoms with Gasteiger partial charge in [0.15, 0.2) is 5.82 Å². The van der Waals surface area contributed by atoms with Crippen LogP contribution in [-0.4, -0.2) is 25.1 Å². The molecule has 0 fully saturated rings. The normalized spacial score (nSPS) is 11.6. The van der Waals surface area contributed by atoms with E-state index in [9.17, 15) is 8.42 Å². The lowest BCUT2D eigenvalue weighted by Gasteiger charge is -2.07. The summed E-state index contributed by atoms with van der Waals surface area (Å²) in [5, 5.41) is 12.8. The Labute approximate surface area is 145 Å². The molecule has 0 spiro atoms. The largest absolute Gasteiger partial charge is 0.339 e. The van der Waals surface area contributed by atoms with E-state index in [1.54, 1.807) is 0 Å². The van der Waals surface area contributed by atoms with Gasteiger partial charge in [-0.1, -0.05) is 30.6 Å². The zero-order valence-electron chi connectivity index (χ0n) is 13.3. The number of sulfonamides is 1. The van der Waals surface area contributed by atoms with E-state index in [0.29, 0.717) is 24.6 Å². The number of aryl methyl sites for hydroxylation is 1. The first-order valence-electron chi connectivity index (χ1n) is 7.35. The van der Waals surface area contributed by atoms with Gasteiger partial charge in [-0.05, 0) is 24.6 Å². The van der Waals surface area contributed by atoms with Crippen molar-refractivity contribution in [3.63, 3.8) is 0 Å². The van der Waals surface area contributed by atoms with Gasteiger partial charge in [-0.15, -0.1) is 0 Å². The van der Waals surface area contributed by atoms with Gasteiger partial charge in [-0.2, -0.15) is 10.2 Å². The summed E-state index contributed by atoms with van der Waals surface area (Å²) in [6.07, 6.45) is 0.999. The van der Waals surface area contributed by atoms with Crippen LogP contribution in [0.15, 0.2) is 27.6 Å². The van der Waals surface area contributed by atoms with Gasteiger partial charge in [-0.25, -0.2) is 13.1 Å². The maximum atomic E-state index is 12.2. The van der Waals surface area contributed by atoms with Gasteiger partial charge in [0.25, 0.3) is 0 Å². The average molecular weight is 369 g/mol. The standard InChI is InChI=1S/C15H17ClN4O3S/c1-10(2)15-19-14(23-20-15)4-3-7-18-24(21,22)12-6-5-11(9-17)13(16)8-12/h5-6,8,10,18H,3-4,7H2,1-2H3. The Morgan fingerprint density at radius 2 is 2.17 bits per heavy atom. The summed E-state index contributed by atoms with van der Waals surface area (Å²) in [4.78, 5) is 4.25. The molecular formula is C15H17ClN4O3S. The summed E-state index contributed by atoms with van der Waals surface area (Å²) in [6.45, 7) is 4.15. The van der Waals surface area contributed by atoms with Crippen molar-refractivity contribution in [2.75, 3.05) is 6.54 Å². The van der Waals surface area contributed by atoms with Gasteiger partial charge in [0.05, 0.1) is 15.5 Å². The SMILES string of the molecule is CC(C)c1noc(CCCNS(=O)(=O)c2ccc(C#N)c(Cl)c2)n1. The number of halogens is 1. The van der Waals surface area contributed by atoms with Crippen LogP contribution >= 0.6 is 11.6 Å². The Morgan fingerprint density at radius 1 is 1.42 bits per heavy atom. The second-order valence-corrected chi connectivity index (χ2v) is 7.63. The van der Waals surface area contributed by atoms with Crippen LogP contribution in [0.25, 0.3) is 0 Å². The van der Waals surface area contributed by atoms with Crippen LogP contribution in [0, 0.1) is 11.3 Å². The summed E-state index contributed by atoms with van der Waals surface area (Å²) in [6, 6.07) is 5.87. The van der Waals surface area contributed by atoms with Gasteiger partial charge in [0.2, 0.25) is 15.9 Å². The summed E-state index contributed by atoms with van der Waals surface area (Å²) < 4.78 is 31.9. The lowest BCUT2D eigenvalue weighted by molar-refractivity contribution is 0.368. The summed E-state index contributed by atoms with van der Waals surface area (Å²) >= 11 is 5.86. The molecule has 0 bridgehead atoms. The molecule has 2 aromatic rings. The molecule has 1 heterocycles. The van der Waals surface area contributed by atoms with E-state index in [0.717, 1.165) is 0 Å². The van der Waals surface area contributed by atoms with Crippen molar-refractivity contribution in [3.05, 3.63) is 40.5 Å². The molecule has 1 aromatic heterocycles. The van der Waals surface area contributed by atoms with Crippen LogP contribution in [0.2, 0.25) is 5.02 Å². The van der Waals surface area contributed by atoms with Crippen molar-refractivity contribution in [2.45, 2.75) is 37.5 Å². The van der Waals surface area contributed by atoms with E-state index in [2.05, 4.69) is 14.9 Å². The summed E-state index contributed by atoms with van der Waals surface area (Å²) in [5.74, 6) is 1.30. The maximum absolute atomic E-state index is 12.2. The number of nitrogens with one attached hydrogen (secondary N) is 1. The summed E-state index contributed by atoms with van der Waals surface area (Å²) in [7, 11) is -3.68. The Balaban J connectivity index is 1.91. The first-order chi connectivity index (χ1) is 11.3. The van der Waals surface area contributed by atoms with Crippen molar-refractivity contribution in [3.8, 4) is 6.07 Å². The van der Waals surface area contributed by atoms with Crippen LogP contribution in [0.1, 0.15) is 43.5 Å². The molecule has 1 N–H and O–H groups in total. The van der Waals surface area contributed by atoms with E-state index in [4.69, 9.17) is 21.4 Å². The van der Waals surface area contributed by atoms with Gasteiger partial charge >= 0.3 is 0 Å². The highest BCUT2D eigenvalue weighted by Crippen LogP contribution is 2.20. The molecule has 0 amide bonds. The van der Waals surface area contributed by atoms with Crippen LogP contribution in [0.4, 0.5) is 0 Å². The number of hydrogen-bond donors (Lipinski definition) is 1. The average Bonchev–Trinajstić information content (AvgIpc) is 3.00. The molecule has 24 heavy (non-hydrogen) atoms. The fourth-order valence-electron chi connectivity index (χ4n) is 1.89. The van der Waals surface area contributed by atoms with Gasteiger partial charge in [-0.3, -0.25) is 0 Å². The predicted molar refractivity (Wildman–Crippen MR) is 88.1 cm³/mol. The van der Waals surface area contributed by atoms with Gasteiger partial charge < -0.3 is 4.52 Å². The Hall–Kier alpha value is -1.95. The first-order valence-corrected chi connectivity index (χ1v) is 9.21. The monoisotopic (exact) mass is 368 g/mol. The van der Waals surface area contributed by atoms with Crippen molar-refractivity contribution in [2.24, 2.45) is 0 Å². The van der Waals surface area contributed by atoms with E-state index >= 15 is 0 Å². The molecule has 0 saturated carbocycles. The topological polar surface area (TPSA) is 109 Å². The van der Waals surface area contributed by atoms with Crippen LogP contribution in [0.5, 0.6) is 0 Å². The molecule has 0 aliphatic rings. The Morgan fingerprint density at radius 3 is 2.75 bits per heavy atom. The molecule has 2 rings (SSSR count). The van der Waals surface area contributed by atoms with Crippen molar-refractivity contribution in [1.82, 2.24) is 14.9 Å². The molecule has 0 atom stereocenters. The number of rotatable bonds is 7. The van der Waals surface area contributed by atoms with Crippen LogP contribution in [0.3, 0.4) is 0 Å². The fraction of sp³-hybridized carbons (Fsp3) is 0.400. The third kappa shape index (κ3) is 4.54. The lowest BCUT2D eigenvalue weighted by Crippen LogP contribution is -2.25. The molecular weight excluding hydrogens is 352 g/mol. The fourth-order valence-corrected chi connectivity index (χ4v) is 3.27. The number of aromatic nitrogens is 2. The second kappa shape index (κ2) is 7.75. The molecule has 0 aliphatic heterocycles. The van der Waals surface area contributed by atoms with E-state index in [1.807, 2.05) is 19.9 Å². The van der Waals surface area contributed by atoms with E-state index in [1.165, 1.54) is 18.2 Å². The molecule has 0 unspecified atom stereocenters.